The van der Waals surface area contributed by atoms with Gasteiger partial charge in [0.2, 0.25) is 6.17 Å². The molecule has 0 aromatic carbocycles. The van der Waals surface area contributed by atoms with E-state index < -0.39 is 23.7 Å². The van der Waals surface area contributed by atoms with Crippen LogP contribution in [0.5, 0.6) is 0 Å². The molecular formula is C25H39FO6. The predicted molar refractivity (Wildman–Crippen MR) is 117 cm³/mol. The van der Waals surface area contributed by atoms with Crippen LogP contribution in [0.4, 0.5) is 4.39 Å². The monoisotopic (exact) mass is 454 g/mol. The van der Waals surface area contributed by atoms with Crippen molar-refractivity contribution in [3.8, 4) is 0 Å². The normalized spacial score (nSPS) is 38.7. The molecule has 4 fully saturated rings. The first-order valence-corrected chi connectivity index (χ1v) is 12.7. The molecule has 6 nitrogen and oxygen atoms in total. The SMILES string of the molecule is CCCCC[C@@H](C=C[C@@]12C[C@H](OC3CCCCO3)C[C@@H]1[C@H](F)C(=O)O2)OC1CCCCO1. The van der Waals surface area contributed by atoms with E-state index in [-0.39, 0.29) is 24.8 Å². The Bertz CT molecular complexity index is 630. The highest BCUT2D eigenvalue weighted by Crippen LogP contribution is 2.49. The number of esters is 1. The van der Waals surface area contributed by atoms with E-state index in [1.54, 1.807) is 0 Å². The van der Waals surface area contributed by atoms with Crippen molar-refractivity contribution in [1.82, 2.24) is 0 Å². The Morgan fingerprint density at radius 1 is 1.12 bits per heavy atom. The summed E-state index contributed by atoms with van der Waals surface area (Å²) in [6, 6.07) is 0. The molecule has 1 aliphatic carbocycles. The maximum atomic E-state index is 14.8. The standard InChI is InChI=1S/C25H39FO6/c1-2-3-4-9-18(30-21-10-5-7-14-28-21)12-13-25-17-19(31-22-11-6-8-15-29-22)16-20(25)23(26)24(27)32-25/h12-13,18-23H,2-11,14-17H2,1H3/t18-,19+,20+,21?,22?,23-,25+/m0/s1. The number of alkyl halides is 1. The zero-order chi connectivity index (χ0) is 22.4. The second-order valence-electron chi connectivity index (χ2n) is 9.70. The number of unbranched alkanes of at least 4 members (excludes halogenated alkanes) is 2. The van der Waals surface area contributed by atoms with Gasteiger partial charge >= 0.3 is 5.97 Å². The molecule has 0 radical (unpaired) electrons. The van der Waals surface area contributed by atoms with Gasteiger partial charge in [0.25, 0.3) is 0 Å². The summed E-state index contributed by atoms with van der Waals surface area (Å²) in [5, 5.41) is 0. The Balaban J connectivity index is 1.43. The third-order valence-electron chi connectivity index (χ3n) is 7.19. The summed E-state index contributed by atoms with van der Waals surface area (Å²) in [6.07, 6.45) is 12.6. The lowest BCUT2D eigenvalue weighted by Crippen LogP contribution is -2.32. The number of rotatable bonds is 10. The van der Waals surface area contributed by atoms with Crippen LogP contribution in [-0.2, 0) is 28.5 Å². The zero-order valence-electron chi connectivity index (χ0n) is 19.3. The maximum absolute atomic E-state index is 14.8. The van der Waals surface area contributed by atoms with Gasteiger partial charge in [-0.1, -0.05) is 32.3 Å². The van der Waals surface area contributed by atoms with Gasteiger partial charge in [-0.25, -0.2) is 9.18 Å². The van der Waals surface area contributed by atoms with Crippen LogP contribution >= 0.6 is 0 Å². The van der Waals surface area contributed by atoms with E-state index in [0.29, 0.717) is 19.4 Å². The van der Waals surface area contributed by atoms with Crippen molar-refractivity contribution >= 4 is 5.97 Å². The fraction of sp³-hybridized carbons (Fsp3) is 0.880. The predicted octanol–water partition coefficient (Wildman–Crippen LogP) is 4.99. The quantitative estimate of drug-likeness (QED) is 0.263. The van der Waals surface area contributed by atoms with Gasteiger partial charge in [-0.15, -0.1) is 0 Å². The molecule has 182 valence electrons. The van der Waals surface area contributed by atoms with Crippen molar-refractivity contribution in [2.24, 2.45) is 5.92 Å². The highest BCUT2D eigenvalue weighted by molar-refractivity contribution is 5.79. The van der Waals surface area contributed by atoms with Crippen LogP contribution in [0, 0.1) is 5.92 Å². The fourth-order valence-electron chi connectivity index (χ4n) is 5.42. The first-order valence-electron chi connectivity index (χ1n) is 12.7. The van der Waals surface area contributed by atoms with E-state index in [4.69, 9.17) is 23.7 Å². The molecule has 0 aromatic heterocycles. The van der Waals surface area contributed by atoms with Crippen LogP contribution in [0.2, 0.25) is 0 Å². The minimum atomic E-state index is -1.61. The third-order valence-corrected chi connectivity index (χ3v) is 7.19. The van der Waals surface area contributed by atoms with Crippen LogP contribution in [0.1, 0.15) is 84.0 Å². The molecule has 0 amide bonds. The molecule has 0 bridgehead atoms. The topological polar surface area (TPSA) is 63.2 Å². The molecule has 0 aromatic rings. The third kappa shape index (κ3) is 5.91. The van der Waals surface area contributed by atoms with E-state index in [1.165, 1.54) is 0 Å². The van der Waals surface area contributed by atoms with Gasteiger partial charge in [0.1, 0.15) is 5.60 Å². The molecule has 7 heteroatoms. The average Bonchev–Trinajstić information content (AvgIpc) is 3.26. The first-order chi connectivity index (χ1) is 15.6. The van der Waals surface area contributed by atoms with Crippen molar-refractivity contribution in [1.29, 1.82) is 0 Å². The van der Waals surface area contributed by atoms with Crippen LogP contribution in [0.25, 0.3) is 0 Å². The van der Waals surface area contributed by atoms with Crippen molar-refractivity contribution in [2.75, 3.05) is 13.2 Å². The highest BCUT2D eigenvalue weighted by Gasteiger charge is 2.60. The van der Waals surface area contributed by atoms with E-state index in [0.717, 1.165) is 70.8 Å². The van der Waals surface area contributed by atoms with Gasteiger partial charge in [-0.05, 0) is 57.4 Å². The lowest BCUT2D eigenvalue weighted by atomic mass is 9.89. The van der Waals surface area contributed by atoms with Gasteiger partial charge in [0.05, 0.1) is 12.2 Å². The van der Waals surface area contributed by atoms with Crippen molar-refractivity contribution in [3.63, 3.8) is 0 Å². The van der Waals surface area contributed by atoms with Crippen molar-refractivity contribution in [3.05, 3.63) is 12.2 Å². The number of hydrogen-bond donors (Lipinski definition) is 0. The average molecular weight is 455 g/mol. The number of carbonyl (C=O) groups is 1. The molecular weight excluding hydrogens is 415 g/mol. The summed E-state index contributed by atoms with van der Waals surface area (Å²) >= 11 is 0. The number of hydrogen-bond acceptors (Lipinski definition) is 6. The van der Waals surface area contributed by atoms with Gasteiger partial charge in [0, 0.05) is 25.6 Å². The molecule has 4 rings (SSSR count). The van der Waals surface area contributed by atoms with E-state index in [2.05, 4.69) is 6.92 Å². The van der Waals surface area contributed by atoms with Crippen LogP contribution in [0.3, 0.4) is 0 Å². The molecule has 32 heavy (non-hydrogen) atoms. The van der Waals surface area contributed by atoms with E-state index in [1.807, 2.05) is 12.2 Å². The number of ether oxygens (including phenoxy) is 5. The van der Waals surface area contributed by atoms with Gasteiger partial charge < -0.3 is 23.7 Å². The van der Waals surface area contributed by atoms with Gasteiger partial charge in [-0.2, -0.15) is 0 Å². The van der Waals surface area contributed by atoms with Crippen LogP contribution < -0.4 is 0 Å². The Labute approximate surface area is 191 Å². The number of fused-ring (bicyclic) bond motifs is 1. The summed E-state index contributed by atoms with van der Waals surface area (Å²) in [5.41, 5.74) is -0.963. The fourth-order valence-corrected chi connectivity index (χ4v) is 5.42. The Hall–Kier alpha value is -1.02. The highest BCUT2D eigenvalue weighted by atomic mass is 19.1. The van der Waals surface area contributed by atoms with Crippen LogP contribution in [0.15, 0.2) is 12.2 Å². The van der Waals surface area contributed by atoms with E-state index in [9.17, 15) is 9.18 Å². The lowest BCUT2D eigenvalue weighted by Gasteiger charge is -2.29. The van der Waals surface area contributed by atoms with Crippen molar-refractivity contribution < 1.29 is 32.9 Å². The van der Waals surface area contributed by atoms with Crippen molar-refractivity contribution in [2.45, 2.75) is 121 Å². The molecule has 4 aliphatic rings. The number of halogens is 1. The van der Waals surface area contributed by atoms with Gasteiger partial charge in [0.15, 0.2) is 12.6 Å². The van der Waals surface area contributed by atoms with Gasteiger partial charge in [-0.3, -0.25) is 0 Å². The summed E-state index contributed by atoms with van der Waals surface area (Å²) in [7, 11) is 0. The summed E-state index contributed by atoms with van der Waals surface area (Å²) in [4.78, 5) is 12.1. The Morgan fingerprint density at radius 2 is 1.88 bits per heavy atom. The smallest absolute Gasteiger partial charge is 0.342 e. The molecule has 3 saturated heterocycles. The van der Waals surface area contributed by atoms with Crippen LogP contribution in [-0.4, -0.2) is 55.7 Å². The number of carbonyl (C=O) groups excluding carboxylic acids is 1. The first kappa shape index (κ1) is 24.1. The molecule has 3 aliphatic heterocycles. The second-order valence-corrected chi connectivity index (χ2v) is 9.70. The molecule has 0 N–H and O–H groups in total. The molecule has 3 heterocycles. The molecule has 0 spiro atoms. The zero-order valence-corrected chi connectivity index (χ0v) is 19.3. The lowest BCUT2D eigenvalue weighted by molar-refractivity contribution is -0.190. The summed E-state index contributed by atoms with van der Waals surface area (Å²) < 4.78 is 44.3. The molecule has 1 saturated carbocycles. The maximum Gasteiger partial charge on any atom is 0.342 e. The Morgan fingerprint density at radius 3 is 2.56 bits per heavy atom. The second kappa shape index (κ2) is 11.4. The van der Waals surface area contributed by atoms with E-state index >= 15 is 0 Å². The minimum absolute atomic E-state index is 0.140. The largest absolute Gasteiger partial charge is 0.452 e. The summed E-state index contributed by atoms with van der Waals surface area (Å²) in [5.74, 6) is -1.28. The summed E-state index contributed by atoms with van der Waals surface area (Å²) in [6.45, 7) is 3.60. The minimum Gasteiger partial charge on any atom is -0.452 e. The molecule has 2 unspecified atom stereocenters. The molecule has 7 atom stereocenters. The Kier molecular flexibility index (Phi) is 8.60.